The topological polar surface area (TPSA) is 59.1 Å². The molecule has 0 saturated carbocycles. The van der Waals surface area contributed by atoms with E-state index in [0.717, 1.165) is 24.5 Å². The van der Waals surface area contributed by atoms with E-state index in [4.69, 9.17) is 27.9 Å². The van der Waals surface area contributed by atoms with Gasteiger partial charge in [0.25, 0.3) is 0 Å². The van der Waals surface area contributed by atoms with Gasteiger partial charge in [-0.15, -0.1) is 0 Å². The van der Waals surface area contributed by atoms with Crippen molar-refractivity contribution in [3.8, 4) is 0 Å². The number of aromatic nitrogens is 2. The van der Waals surface area contributed by atoms with Crippen LogP contribution in [0.25, 0.3) is 0 Å². The first-order valence-electron chi connectivity index (χ1n) is 6.59. The van der Waals surface area contributed by atoms with Crippen molar-refractivity contribution in [2.75, 3.05) is 25.0 Å². The van der Waals surface area contributed by atoms with Crippen LogP contribution in [-0.2, 0) is 4.74 Å². The molecule has 0 bridgehead atoms. The number of nitrogens with zero attached hydrogens (tertiary/aromatic N) is 2. The van der Waals surface area contributed by atoms with Crippen LogP contribution in [0.1, 0.15) is 11.8 Å². The van der Waals surface area contributed by atoms with Crippen molar-refractivity contribution in [2.24, 2.45) is 0 Å². The van der Waals surface area contributed by atoms with Gasteiger partial charge in [0.2, 0.25) is 0 Å². The third-order valence-corrected chi connectivity index (χ3v) is 3.63. The van der Waals surface area contributed by atoms with Crippen LogP contribution < -0.4 is 10.6 Å². The summed E-state index contributed by atoms with van der Waals surface area (Å²) in [7, 11) is 0. The third-order valence-electron chi connectivity index (χ3n) is 3.10. The van der Waals surface area contributed by atoms with Gasteiger partial charge in [-0.25, -0.2) is 4.98 Å². The van der Waals surface area contributed by atoms with E-state index in [2.05, 4.69) is 20.6 Å². The van der Waals surface area contributed by atoms with Gasteiger partial charge in [-0.05, 0) is 18.2 Å². The fraction of sp³-hybridized carbons (Fsp3) is 0.286. The van der Waals surface area contributed by atoms with Gasteiger partial charge in [0.1, 0.15) is 11.9 Å². The Morgan fingerprint density at radius 3 is 2.81 bits per heavy atom. The number of pyridine rings is 2. The van der Waals surface area contributed by atoms with Crippen molar-refractivity contribution < 1.29 is 4.74 Å². The van der Waals surface area contributed by atoms with Crippen molar-refractivity contribution in [1.82, 2.24) is 15.3 Å². The highest BCUT2D eigenvalue weighted by Gasteiger charge is 2.20. The molecule has 1 unspecified atom stereocenters. The predicted molar refractivity (Wildman–Crippen MR) is 83.3 cm³/mol. The fourth-order valence-electron chi connectivity index (χ4n) is 2.09. The van der Waals surface area contributed by atoms with Gasteiger partial charge in [-0.3, -0.25) is 4.98 Å². The van der Waals surface area contributed by atoms with Gasteiger partial charge in [-0.2, -0.15) is 0 Å². The van der Waals surface area contributed by atoms with E-state index in [9.17, 15) is 0 Å². The summed E-state index contributed by atoms with van der Waals surface area (Å²) in [6.45, 7) is 2.24. The molecule has 3 heterocycles. The number of rotatable bonds is 3. The van der Waals surface area contributed by atoms with Gasteiger partial charge in [0, 0.05) is 19.3 Å². The highest BCUT2D eigenvalue weighted by Crippen LogP contribution is 2.27. The Morgan fingerprint density at radius 2 is 2.14 bits per heavy atom. The second-order valence-electron chi connectivity index (χ2n) is 4.64. The maximum atomic E-state index is 6.30. The summed E-state index contributed by atoms with van der Waals surface area (Å²) in [5, 5.41) is 7.55. The van der Waals surface area contributed by atoms with E-state index in [1.165, 1.54) is 0 Å². The monoisotopic (exact) mass is 324 g/mol. The number of nitrogens with one attached hydrogen (secondary N) is 2. The Hall–Kier alpha value is -1.40. The molecule has 3 rings (SSSR count). The van der Waals surface area contributed by atoms with Crippen molar-refractivity contribution in [3.05, 3.63) is 46.3 Å². The summed E-state index contributed by atoms with van der Waals surface area (Å²) in [6, 6.07) is 5.37. The zero-order valence-corrected chi connectivity index (χ0v) is 12.7. The van der Waals surface area contributed by atoms with Crippen LogP contribution in [0.15, 0.2) is 30.6 Å². The molecule has 110 valence electrons. The maximum Gasteiger partial charge on any atom is 0.130 e. The molecule has 0 amide bonds. The van der Waals surface area contributed by atoms with Crippen LogP contribution in [0.2, 0.25) is 10.0 Å². The fourth-order valence-corrected chi connectivity index (χ4v) is 2.49. The molecule has 1 aliphatic rings. The molecule has 2 N–H and O–H groups in total. The molecule has 1 fully saturated rings. The number of anilines is 2. The number of ether oxygens (including phenoxy) is 1. The second-order valence-corrected chi connectivity index (χ2v) is 5.48. The first-order valence-corrected chi connectivity index (χ1v) is 7.34. The molecule has 2 aromatic heterocycles. The molecule has 7 heteroatoms. The van der Waals surface area contributed by atoms with Crippen molar-refractivity contribution >= 4 is 34.7 Å². The summed E-state index contributed by atoms with van der Waals surface area (Å²) < 4.78 is 5.66. The molecule has 0 radical (unpaired) electrons. The Kier molecular flexibility index (Phi) is 4.55. The van der Waals surface area contributed by atoms with Crippen LogP contribution in [0.4, 0.5) is 11.5 Å². The van der Waals surface area contributed by atoms with E-state index in [0.29, 0.717) is 22.5 Å². The van der Waals surface area contributed by atoms with Crippen molar-refractivity contribution in [3.63, 3.8) is 0 Å². The maximum absolute atomic E-state index is 6.30. The van der Waals surface area contributed by atoms with Crippen molar-refractivity contribution in [2.45, 2.75) is 6.10 Å². The molecule has 21 heavy (non-hydrogen) atoms. The predicted octanol–water partition coefficient (Wildman–Crippen LogP) is 3.19. The Labute approximate surface area is 132 Å². The SMILES string of the molecule is Clc1ccc(Nc2cnc(C3CNCCO3)c(Cl)c2)nc1. The van der Waals surface area contributed by atoms with Crippen LogP contribution in [0, 0.1) is 0 Å². The summed E-state index contributed by atoms with van der Waals surface area (Å²) in [4.78, 5) is 8.57. The quantitative estimate of drug-likeness (QED) is 0.908. The van der Waals surface area contributed by atoms with E-state index in [1.54, 1.807) is 24.5 Å². The lowest BCUT2D eigenvalue weighted by atomic mass is 10.2. The Balaban J connectivity index is 1.75. The highest BCUT2D eigenvalue weighted by atomic mass is 35.5. The standard InChI is InChI=1S/C14H14Cl2N4O/c15-9-1-2-13(18-6-9)20-10-5-11(16)14(19-7-10)12-8-17-3-4-21-12/h1-2,5-7,12,17H,3-4,8H2,(H,18,20). The lowest BCUT2D eigenvalue weighted by Gasteiger charge is -2.24. The minimum Gasteiger partial charge on any atom is -0.369 e. The smallest absolute Gasteiger partial charge is 0.130 e. The van der Waals surface area contributed by atoms with Gasteiger partial charge in [0.05, 0.1) is 34.2 Å². The minimum absolute atomic E-state index is 0.103. The van der Waals surface area contributed by atoms with E-state index in [-0.39, 0.29) is 6.10 Å². The molecule has 0 aromatic carbocycles. The first-order chi connectivity index (χ1) is 10.2. The van der Waals surface area contributed by atoms with Crippen molar-refractivity contribution in [1.29, 1.82) is 0 Å². The zero-order valence-electron chi connectivity index (χ0n) is 11.1. The van der Waals surface area contributed by atoms with Gasteiger partial charge >= 0.3 is 0 Å². The molecular weight excluding hydrogens is 311 g/mol. The van der Waals surface area contributed by atoms with E-state index < -0.39 is 0 Å². The largest absolute Gasteiger partial charge is 0.369 e. The average molecular weight is 325 g/mol. The van der Waals surface area contributed by atoms with E-state index >= 15 is 0 Å². The molecule has 5 nitrogen and oxygen atoms in total. The molecular formula is C14H14Cl2N4O. The van der Waals surface area contributed by atoms with Crippen LogP contribution >= 0.6 is 23.2 Å². The molecule has 0 aliphatic carbocycles. The Bertz CT molecular complexity index is 615. The summed E-state index contributed by atoms with van der Waals surface area (Å²) in [6.07, 6.45) is 3.19. The molecule has 1 atom stereocenters. The normalized spacial score (nSPS) is 18.5. The van der Waals surface area contributed by atoms with E-state index in [1.807, 2.05) is 6.07 Å². The highest BCUT2D eigenvalue weighted by molar-refractivity contribution is 6.31. The zero-order chi connectivity index (χ0) is 14.7. The number of hydrogen-bond donors (Lipinski definition) is 2. The summed E-state index contributed by atoms with van der Waals surface area (Å²) in [5.41, 5.74) is 1.51. The lowest BCUT2D eigenvalue weighted by Crippen LogP contribution is -2.33. The lowest BCUT2D eigenvalue weighted by molar-refractivity contribution is 0.0251. The van der Waals surface area contributed by atoms with Gasteiger partial charge in [0.15, 0.2) is 0 Å². The molecule has 1 aliphatic heterocycles. The van der Waals surface area contributed by atoms with Crippen LogP contribution in [0.3, 0.4) is 0 Å². The second kappa shape index (κ2) is 6.58. The Morgan fingerprint density at radius 1 is 1.24 bits per heavy atom. The number of morpholine rings is 1. The van der Waals surface area contributed by atoms with Gasteiger partial charge in [-0.1, -0.05) is 23.2 Å². The number of hydrogen-bond acceptors (Lipinski definition) is 5. The van der Waals surface area contributed by atoms with Gasteiger partial charge < -0.3 is 15.4 Å². The molecule has 2 aromatic rings. The minimum atomic E-state index is -0.103. The summed E-state index contributed by atoms with van der Waals surface area (Å²) in [5.74, 6) is 0.681. The van der Waals surface area contributed by atoms with Crippen LogP contribution in [0.5, 0.6) is 0 Å². The molecule has 1 saturated heterocycles. The third kappa shape index (κ3) is 3.63. The number of halogens is 2. The summed E-state index contributed by atoms with van der Waals surface area (Å²) >= 11 is 12.1. The first kappa shape index (κ1) is 14.5. The van der Waals surface area contributed by atoms with Crippen LogP contribution in [-0.4, -0.2) is 29.7 Å². The average Bonchev–Trinajstić information content (AvgIpc) is 2.51. The molecule has 0 spiro atoms.